The third kappa shape index (κ3) is 3.92. The third-order valence-corrected chi connectivity index (χ3v) is 6.80. The molecule has 1 aliphatic heterocycles. The molecule has 7 heteroatoms. The van der Waals surface area contributed by atoms with E-state index in [4.69, 9.17) is 4.74 Å². The lowest BCUT2D eigenvalue weighted by Gasteiger charge is -2.27. The molecule has 0 bridgehead atoms. The van der Waals surface area contributed by atoms with Gasteiger partial charge in [0.15, 0.2) is 5.78 Å². The van der Waals surface area contributed by atoms with Crippen molar-refractivity contribution in [3.8, 4) is 5.75 Å². The van der Waals surface area contributed by atoms with Gasteiger partial charge in [-0.25, -0.2) is 0 Å². The van der Waals surface area contributed by atoms with Crippen LogP contribution in [0.15, 0.2) is 66.7 Å². The van der Waals surface area contributed by atoms with Crippen LogP contribution in [0.5, 0.6) is 5.75 Å². The molecule has 0 aromatic heterocycles. The molecule has 3 aromatic carbocycles. The lowest BCUT2D eigenvalue weighted by atomic mass is 9.87. The number of hydrogen-bond acceptors (Lipinski definition) is 5. The van der Waals surface area contributed by atoms with E-state index in [-0.39, 0.29) is 42.4 Å². The van der Waals surface area contributed by atoms with Gasteiger partial charge in [0.05, 0.1) is 6.10 Å². The number of amides is 2. The Balaban J connectivity index is 1.22. The molecule has 0 radical (unpaired) electrons. The lowest BCUT2D eigenvalue weighted by molar-refractivity contribution is -0.131. The Morgan fingerprint density at radius 2 is 1.79 bits per heavy atom. The molecule has 1 heterocycles. The number of phenolic OH excluding ortho intramolecular Hbond substituents is 1. The van der Waals surface area contributed by atoms with Crippen LogP contribution in [-0.2, 0) is 14.3 Å². The molecular weight excluding hydrogens is 432 g/mol. The van der Waals surface area contributed by atoms with Crippen molar-refractivity contribution in [2.45, 2.75) is 43.4 Å². The molecule has 3 unspecified atom stereocenters. The summed E-state index contributed by atoms with van der Waals surface area (Å²) in [5, 5.41) is 17.1. The highest BCUT2D eigenvalue weighted by molar-refractivity contribution is 6.07. The van der Waals surface area contributed by atoms with Gasteiger partial charge in [0, 0.05) is 18.5 Å². The van der Waals surface area contributed by atoms with E-state index in [2.05, 4.69) is 10.6 Å². The number of Topliss-reactive ketones (excluding diaryl/α,β-unsaturated/α-hetero) is 1. The highest BCUT2D eigenvalue weighted by Crippen LogP contribution is 2.45. The van der Waals surface area contributed by atoms with Gasteiger partial charge >= 0.3 is 0 Å². The first-order valence-electron chi connectivity index (χ1n) is 11.5. The van der Waals surface area contributed by atoms with Crippen molar-refractivity contribution in [1.29, 1.82) is 0 Å². The Bertz CT molecular complexity index is 1250. The zero-order valence-electron chi connectivity index (χ0n) is 18.6. The second kappa shape index (κ2) is 8.91. The molecule has 3 aromatic rings. The van der Waals surface area contributed by atoms with Gasteiger partial charge in [-0.3, -0.25) is 14.4 Å². The average Bonchev–Trinajstić information content (AvgIpc) is 3.36. The zero-order chi connectivity index (χ0) is 23.7. The molecule has 1 saturated heterocycles. The van der Waals surface area contributed by atoms with Gasteiger partial charge < -0.3 is 20.5 Å². The van der Waals surface area contributed by atoms with Gasteiger partial charge in [-0.1, -0.05) is 48.5 Å². The SMILES string of the molecule is O=C(CCNC(=O)c1cccc2ccccc12)NC12CCCC1OC(c1ccc(O)cc1)C2=O. The summed E-state index contributed by atoms with van der Waals surface area (Å²) in [5.74, 6) is -0.584. The van der Waals surface area contributed by atoms with Gasteiger partial charge in [-0.05, 0) is 53.8 Å². The summed E-state index contributed by atoms with van der Waals surface area (Å²) >= 11 is 0. The van der Waals surface area contributed by atoms with E-state index in [1.54, 1.807) is 18.2 Å². The fourth-order valence-electron chi connectivity index (χ4n) is 5.10. The van der Waals surface area contributed by atoms with Crippen molar-refractivity contribution in [3.05, 3.63) is 77.9 Å². The van der Waals surface area contributed by atoms with E-state index in [1.165, 1.54) is 12.1 Å². The number of fused-ring (bicyclic) bond motifs is 2. The monoisotopic (exact) mass is 458 g/mol. The maximum atomic E-state index is 13.3. The number of carbonyl (C=O) groups excluding carboxylic acids is 3. The number of ketones is 1. The van der Waals surface area contributed by atoms with E-state index >= 15 is 0 Å². The first-order valence-corrected chi connectivity index (χ1v) is 11.5. The fourth-order valence-corrected chi connectivity index (χ4v) is 5.10. The van der Waals surface area contributed by atoms with Crippen molar-refractivity contribution in [1.82, 2.24) is 10.6 Å². The third-order valence-electron chi connectivity index (χ3n) is 6.80. The van der Waals surface area contributed by atoms with E-state index in [1.807, 2.05) is 36.4 Å². The number of hydrogen-bond donors (Lipinski definition) is 3. The Kier molecular flexibility index (Phi) is 5.79. The second-order valence-electron chi connectivity index (χ2n) is 8.90. The number of ether oxygens (including phenoxy) is 1. The van der Waals surface area contributed by atoms with Crippen LogP contribution in [0.2, 0.25) is 0 Å². The topological polar surface area (TPSA) is 105 Å². The molecule has 5 rings (SSSR count). The van der Waals surface area contributed by atoms with Crippen LogP contribution in [0.25, 0.3) is 10.8 Å². The molecule has 0 spiro atoms. The largest absolute Gasteiger partial charge is 0.508 e. The summed E-state index contributed by atoms with van der Waals surface area (Å²) in [4.78, 5) is 38.9. The van der Waals surface area contributed by atoms with Crippen LogP contribution < -0.4 is 10.6 Å². The zero-order valence-corrected chi connectivity index (χ0v) is 18.6. The van der Waals surface area contributed by atoms with Gasteiger partial charge in [0.25, 0.3) is 5.91 Å². The summed E-state index contributed by atoms with van der Waals surface area (Å²) in [6, 6.07) is 19.6. The molecule has 2 aliphatic rings. The lowest BCUT2D eigenvalue weighted by Crippen LogP contribution is -2.56. The predicted octanol–water partition coefficient (Wildman–Crippen LogP) is 3.41. The van der Waals surface area contributed by atoms with Crippen molar-refractivity contribution in [2.24, 2.45) is 0 Å². The van der Waals surface area contributed by atoms with Crippen LogP contribution in [0.4, 0.5) is 0 Å². The van der Waals surface area contributed by atoms with E-state index < -0.39 is 11.6 Å². The normalized spacial score (nSPS) is 23.6. The van der Waals surface area contributed by atoms with Crippen LogP contribution in [0.1, 0.15) is 47.7 Å². The van der Waals surface area contributed by atoms with Crippen molar-refractivity contribution >= 4 is 28.4 Å². The second-order valence-corrected chi connectivity index (χ2v) is 8.90. The summed E-state index contributed by atoms with van der Waals surface area (Å²) in [6.45, 7) is 0.158. The molecule has 174 valence electrons. The van der Waals surface area contributed by atoms with E-state index in [9.17, 15) is 19.5 Å². The van der Waals surface area contributed by atoms with Gasteiger partial charge in [0.2, 0.25) is 5.91 Å². The number of phenols is 1. The average molecular weight is 459 g/mol. The van der Waals surface area contributed by atoms with Crippen molar-refractivity contribution < 1.29 is 24.2 Å². The van der Waals surface area contributed by atoms with Gasteiger partial charge in [-0.15, -0.1) is 0 Å². The number of rotatable bonds is 6. The smallest absolute Gasteiger partial charge is 0.251 e. The summed E-state index contributed by atoms with van der Waals surface area (Å²) in [5.41, 5.74) is 0.177. The maximum absolute atomic E-state index is 13.3. The molecule has 1 saturated carbocycles. The summed E-state index contributed by atoms with van der Waals surface area (Å²) in [6.07, 6.45) is 0.918. The molecule has 3 atom stereocenters. The Morgan fingerprint density at radius 3 is 2.62 bits per heavy atom. The van der Waals surface area contributed by atoms with Crippen LogP contribution in [0.3, 0.4) is 0 Å². The molecule has 2 amide bonds. The minimum absolute atomic E-state index is 0.0577. The number of aromatic hydroxyl groups is 1. The van der Waals surface area contributed by atoms with Crippen LogP contribution in [0, 0.1) is 0 Å². The Morgan fingerprint density at radius 1 is 1.03 bits per heavy atom. The number of nitrogens with one attached hydrogen (secondary N) is 2. The fraction of sp³-hybridized carbons (Fsp3) is 0.296. The molecule has 2 fully saturated rings. The Labute approximate surface area is 197 Å². The maximum Gasteiger partial charge on any atom is 0.251 e. The first-order chi connectivity index (χ1) is 16.5. The van der Waals surface area contributed by atoms with Gasteiger partial charge in [-0.2, -0.15) is 0 Å². The highest BCUT2D eigenvalue weighted by atomic mass is 16.5. The number of benzene rings is 3. The molecular formula is C27H26N2O5. The minimum atomic E-state index is -1.04. The summed E-state index contributed by atoms with van der Waals surface area (Å²) < 4.78 is 6.05. The molecule has 1 aliphatic carbocycles. The van der Waals surface area contributed by atoms with Crippen LogP contribution >= 0.6 is 0 Å². The van der Waals surface area contributed by atoms with Crippen molar-refractivity contribution in [3.63, 3.8) is 0 Å². The van der Waals surface area contributed by atoms with Crippen molar-refractivity contribution in [2.75, 3.05) is 6.54 Å². The van der Waals surface area contributed by atoms with E-state index in [0.717, 1.165) is 17.2 Å². The minimum Gasteiger partial charge on any atom is -0.508 e. The first kappa shape index (κ1) is 22.1. The quantitative estimate of drug-likeness (QED) is 0.525. The van der Waals surface area contributed by atoms with Gasteiger partial charge in [0.1, 0.15) is 17.4 Å². The van der Waals surface area contributed by atoms with Crippen LogP contribution in [-0.4, -0.2) is 40.9 Å². The number of carbonyl (C=O) groups is 3. The molecule has 34 heavy (non-hydrogen) atoms. The molecule has 3 N–H and O–H groups in total. The van der Waals surface area contributed by atoms with E-state index in [0.29, 0.717) is 24.0 Å². The standard InChI is InChI=1S/C27H26N2O5/c30-19-12-10-18(11-13-19)24-25(32)27(15-4-9-22(27)34-24)29-23(31)14-16-28-26(33)21-8-3-6-17-5-1-2-7-20(17)21/h1-3,5-8,10-13,22,24,30H,4,9,14-16H2,(H,28,33)(H,29,31). The highest BCUT2D eigenvalue weighted by Gasteiger charge is 2.59. The summed E-state index contributed by atoms with van der Waals surface area (Å²) in [7, 11) is 0. The molecule has 7 nitrogen and oxygen atoms in total. The predicted molar refractivity (Wildman–Crippen MR) is 126 cm³/mol. The Hall–Kier alpha value is -3.71.